The average Bonchev–Trinajstić information content (AvgIpc) is 3.25. The molecule has 55 heavy (non-hydrogen) atoms. The van der Waals surface area contributed by atoms with E-state index in [1.54, 1.807) is 0 Å². The first kappa shape index (κ1) is 35.1. The van der Waals surface area contributed by atoms with Crippen LogP contribution in [-0.4, -0.2) is 18.4 Å². The van der Waals surface area contributed by atoms with Gasteiger partial charge in [-0.2, -0.15) is 0 Å². The van der Waals surface area contributed by atoms with Crippen molar-refractivity contribution in [3.8, 4) is 44.5 Å². The summed E-state index contributed by atoms with van der Waals surface area (Å²) in [5.74, 6) is 1.13. The van der Waals surface area contributed by atoms with E-state index in [-0.39, 0.29) is 0 Å². The fourth-order valence-electron chi connectivity index (χ4n) is 7.19. The first-order valence-corrected chi connectivity index (χ1v) is 18.6. The van der Waals surface area contributed by atoms with Gasteiger partial charge in [0.15, 0.2) is 11.7 Å². The maximum atomic E-state index is 5.15. The lowest BCUT2D eigenvalue weighted by Gasteiger charge is -2.14. The Kier molecular flexibility index (Phi) is 10.2. The van der Waals surface area contributed by atoms with Gasteiger partial charge < -0.3 is 0 Å². The van der Waals surface area contributed by atoms with E-state index >= 15 is 0 Å². The van der Waals surface area contributed by atoms with E-state index in [1.165, 1.54) is 44.5 Å². The Labute approximate surface area is 323 Å². The molecule has 8 aromatic rings. The third-order valence-corrected chi connectivity index (χ3v) is 10.3. The molecule has 8 rings (SSSR count). The van der Waals surface area contributed by atoms with Crippen LogP contribution in [-0.2, 0) is 6.54 Å². The zero-order chi connectivity index (χ0) is 37.6. The van der Waals surface area contributed by atoms with Gasteiger partial charge in [0.05, 0.1) is 6.54 Å². The average molecular weight is 708 g/mol. The van der Waals surface area contributed by atoms with Gasteiger partial charge in [-0.3, -0.25) is 4.99 Å². The molecular weight excluding hydrogens is 667 g/mol. The van der Waals surface area contributed by atoms with E-state index < -0.39 is 0 Å². The smallest absolute Gasteiger partial charge is 0.161 e. The van der Waals surface area contributed by atoms with E-state index in [4.69, 9.17) is 9.98 Å². The van der Waals surface area contributed by atoms with Crippen molar-refractivity contribution in [2.75, 3.05) is 0 Å². The molecule has 0 bridgehead atoms. The molecule has 0 aromatic heterocycles. The highest BCUT2D eigenvalue weighted by atomic mass is 15.0. The Morgan fingerprint density at radius 1 is 0.436 bits per heavy atom. The highest BCUT2D eigenvalue weighted by Crippen LogP contribution is 2.34. The molecule has 0 saturated heterocycles. The normalized spacial score (nSPS) is 11.8. The van der Waals surface area contributed by atoms with Crippen LogP contribution in [0.25, 0.3) is 55.3 Å². The van der Waals surface area contributed by atoms with Crippen LogP contribution in [0.5, 0.6) is 0 Å². The second-order valence-corrected chi connectivity index (χ2v) is 13.8. The van der Waals surface area contributed by atoms with Crippen molar-refractivity contribution in [2.45, 2.75) is 20.4 Å². The monoisotopic (exact) mass is 707 g/mol. The predicted octanol–water partition coefficient (Wildman–Crippen LogP) is 13.2. The van der Waals surface area contributed by atoms with Crippen LogP contribution in [0, 0.1) is 13.8 Å². The van der Waals surface area contributed by atoms with Gasteiger partial charge in [-0.05, 0) is 105 Å². The molecule has 3 heteroatoms. The number of fused-ring (bicyclic) bond motifs is 1. The molecule has 8 aromatic carbocycles. The number of amidine groups is 2. The largest absolute Gasteiger partial charge is 0.261 e. The fraction of sp³-hybridized carbons (Fsp3) is 0.0577. The number of hydrogen-bond acceptors (Lipinski definition) is 1. The minimum absolute atomic E-state index is 0.459. The molecular formula is C52H41N3. The predicted molar refractivity (Wildman–Crippen MR) is 234 cm³/mol. The summed E-state index contributed by atoms with van der Waals surface area (Å²) in [5, 5.41) is 2.28. The quantitative estimate of drug-likeness (QED) is 0.111. The van der Waals surface area contributed by atoms with Crippen molar-refractivity contribution in [1.82, 2.24) is 0 Å². The van der Waals surface area contributed by atoms with Gasteiger partial charge in [0.1, 0.15) is 0 Å². The van der Waals surface area contributed by atoms with Gasteiger partial charge in [-0.1, -0.05) is 176 Å². The van der Waals surface area contributed by atoms with Crippen molar-refractivity contribution in [3.63, 3.8) is 0 Å². The molecule has 0 radical (unpaired) electrons. The van der Waals surface area contributed by atoms with Crippen LogP contribution in [0.2, 0.25) is 0 Å². The fourth-order valence-corrected chi connectivity index (χ4v) is 7.19. The molecule has 0 aliphatic carbocycles. The number of benzene rings is 8. The summed E-state index contributed by atoms with van der Waals surface area (Å²) in [7, 11) is 0. The number of nitrogens with zero attached hydrogens (tertiary/aromatic N) is 3. The Morgan fingerprint density at radius 2 is 1.00 bits per heavy atom. The minimum Gasteiger partial charge on any atom is -0.261 e. The first-order valence-electron chi connectivity index (χ1n) is 18.6. The van der Waals surface area contributed by atoms with Gasteiger partial charge >= 0.3 is 0 Å². The van der Waals surface area contributed by atoms with Crippen LogP contribution >= 0.6 is 0 Å². The topological polar surface area (TPSA) is 37.1 Å². The number of hydrogen-bond donors (Lipinski definition) is 0. The van der Waals surface area contributed by atoms with E-state index in [0.717, 1.165) is 38.6 Å². The summed E-state index contributed by atoms with van der Waals surface area (Å²) in [4.78, 5) is 14.7. The van der Waals surface area contributed by atoms with Crippen molar-refractivity contribution >= 4 is 29.2 Å². The zero-order valence-electron chi connectivity index (χ0n) is 31.2. The van der Waals surface area contributed by atoms with Gasteiger partial charge in [0.25, 0.3) is 0 Å². The Bertz CT molecular complexity index is 2670. The molecule has 0 fully saturated rings. The molecule has 0 unspecified atom stereocenters. The van der Waals surface area contributed by atoms with Gasteiger partial charge in [0.2, 0.25) is 0 Å². The zero-order valence-corrected chi connectivity index (χ0v) is 31.2. The van der Waals surface area contributed by atoms with Gasteiger partial charge in [-0.25, -0.2) is 9.98 Å². The molecule has 0 amide bonds. The maximum Gasteiger partial charge on any atom is 0.161 e. The third kappa shape index (κ3) is 7.74. The van der Waals surface area contributed by atoms with Crippen molar-refractivity contribution in [3.05, 3.63) is 216 Å². The lowest BCUT2D eigenvalue weighted by Crippen LogP contribution is -2.06. The van der Waals surface area contributed by atoms with Crippen molar-refractivity contribution in [2.24, 2.45) is 15.0 Å². The summed E-state index contributed by atoms with van der Waals surface area (Å²) in [5.41, 5.74) is 15.0. The molecule has 0 atom stereocenters. The van der Waals surface area contributed by atoms with E-state index in [0.29, 0.717) is 18.2 Å². The van der Waals surface area contributed by atoms with E-state index in [1.807, 2.05) is 12.1 Å². The maximum absolute atomic E-state index is 5.15. The highest BCUT2D eigenvalue weighted by molar-refractivity contribution is 6.13. The molecule has 264 valence electrons. The molecule has 0 saturated carbocycles. The number of rotatable bonds is 8. The number of aryl methyl sites for hydroxylation is 1. The molecule has 3 nitrogen and oxygen atoms in total. The van der Waals surface area contributed by atoms with Gasteiger partial charge in [0, 0.05) is 11.1 Å². The van der Waals surface area contributed by atoms with Crippen LogP contribution in [0.1, 0.15) is 27.8 Å². The van der Waals surface area contributed by atoms with Gasteiger partial charge in [-0.15, -0.1) is 0 Å². The van der Waals surface area contributed by atoms with E-state index in [2.05, 4.69) is 201 Å². The Hall–Kier alpha value is -6.97. The molecule has 0 aliphatic heterocycles. The van der Waals surface area contributed by atoms with Crippen molar-refractivity contribution in [1.29, 1.82) is 0 Å². The van der Waals surface area contributed by atoms with Crippen LogP contribution < -0.4 is 0 Å². The lowest BCUT2D eigenvalue weighted by molar-refractivity contribution is 1.06. The summed E-state index contributed by atoms with van der Waals surface area (Å²) >= 11 is 0. The van der Waals surface area contributed by atoms with E-state index in [9.17, 15) is 0 Å². The standard InChI is InChI=1S/C52H41N3/c1-36-13-10-11-18-48(36)50-20-12-19-49(37(50)2)43-23-21-38(22-24-43)35-54-52(55-51(53-3)44-29-25-41(26-30-44)39-14-6-4-7-15-39)46-32-28-42-27-31-45(33-47(42)34-46)40-16-8-5-9-17-40/h4-34H,3,35H2,1-2H3. The van der Waals surface area contributed by atoms with Crippen LogP contribution in [0.4, 0.5) is 0 Å². The molecule has 0 spiro atoms. The van der Waals surface area contributed by atoms with Crippen LogP contribution in [0.3, 0.4) is 0 Å². The Morgan fingerprint density at radius 3 is 1.71 bits per heavy atom. The number of aliphatic imine (C=N–C) groups is 3. The highest BCUT2D eigenvalue weighted by Gasteiger charge is 2.12. The minimum atomic E-state index is 0.459. The summed E-state index contributed by atoms with van der Waals surface area (Å²) in [6, 6.07) is 66.0. The molecule has 0 heterocycles. The first-order chi connectivity index (χ1) is 27.0. The SMILES string of the molecule is C=NC(=NC(=NCc1ccc(-c2cccc(-c3ccccc3C)c2C)cc1)c1ccc2ccc(-c3ccccc3)cc2c1)c1ccc(-c2ccccc2)cc1. The second-order valence-electron chi connectivity index (χ2n) is 13.8. The van der Waals surface area contributed by atoms with Crippen LogP contribution in [0.15, 0.2) is 203 Å². The second kappa shape index (κ2) is 16.0. The lowest BCUT2D eigenvalue weighted by atomic mass is 9.91. The third-order valence-electron chi connectivity index (χ3n) is 10.3. The van der Waals surface area contributed by atoms with Crippen molar-refractivity contribution < 1.29 is 0 Å². The summed E-state index contributed by atoms with van der Waals surface area (Å²) in [6.07, 6.45) is 0. The Balaban J connectivity index is 1.14. The summed E-state index contributed by atoms with van der Waals surface area (Å²) in [6.45, 7) is 8.76. The molecule has 0 N–H and O–H groups in total. The molecule has 0 aliphatic rings. The summed E-state index contributed by atoms with van der Waals surface area (Å²) < 4.78 is 0.